The molecule has 1 aromatic heterocycles. The molecule has 0 spiro atoms. The first-order valence-corrected chi connectivity index (χ1v) is 11.5. The Morgan fingerprint density at radius 1 is 1.10 bits per heavy atom. The van der Waals surface area contributed by atoms with Crippen LogP contribution in [0.4, 0.5) is 5.13 Å². The summed E-state index contributed by atoms with van der Waals surface area (Å²) in [7, 11) is 0. The molecule has 0 bridgehead atoms. The number of hydrogen-bond acceptors (Lipinski definition) is 4. The van der Waals surface area contributed by atoms with Crippen LogP contribution in [0, 0.1) is 13.8 Å². The van der Waals surface area contributed by atoms with Crippen molar-refractivity contribution in [1.29, 1.82) is 0 Å². The first-order valence-electron chi connectivity index (χ1n) is 10.7. The summed E-state index contributed by atoms with van der Waals surface area (Å²) < 4.78 is 6.88. The third kappa shape index (κ3) is 5.58. The number of rotatable bonds is 10. The van der Waals surface area contributed by atoms with E-state index in [0.717, 1.165) is 40.7 Å². The summed E-state index contributed by atoms with van der Waals surface area (Å²) in [6.07, 6.45) is 0.330. The highest BCUT2D eigenvalue weighted by molar-refractivity contribution is 7.22. The Balaban J connectivity index is 1.76. The molecule has 6 heteroatoms. The Bertz CT molecular complexity index is 928. The van der Waals surface area contributed by atoms with E-state index in [-0.39, 0.29) is 5.91 Å². The van der Waals surface area contributed by atoms with Gasteiger partial charge in [0.1, 0.15) is 5.75 Å². The van der Waals surface area contributed by atoms with Gasteiger partial charge in [0.15, 0.2) is 5.13 Å². The zero-order valence-electron chi connectivity index (χ0n) is 18.4. The molecule has 0 aliphatic rings. The number of para-hydroxylation sites is 1. The van der Waals surface area contributed by atoms with Crippen LogP contribution < -0.4 is 14.5 Å². The number of anilines is 1. The predicted octanol–water partition coefficient (Wildman–Crippen LogP) is 3.64. The van der Waals surface area contributed by atoms with Crippen molar-refractivity contribution in [1.82, 2.24) is 4.98 Å². The molecule has 1 heterocycles. The minimum absolute atomic E-state index is 0.0602. The monoisotopic (exact) mass is 426 g/mol. The van der Waals surface area contributed by atoms with Gasteiger partial charge in [-0.05, 0) is 63.1 Å². The Hall–Kier alpha value is -2.44. The van der Waals surface area contributed by atoms with Crippen LogP contribution in [-0.2, 0) is 4.79 Å². The Morgan fingerprint density at radius 2 is 1.80 bits per heavy atom. The highest BCUT2D eigenvalue weighted by Crippen LogP contribution is 2.31. The predicted molar refractivity (Wildman–Crippen MR) is 125 cm³/mol. The molecule has 2 aromatic carbocycles. The van der Waals surface area contributed by atoms with Gasteiger partial charge in [-0.2, -0.15) is 0 Å². The van der Waals surface area contributed by atoms with Gasteiger partial charge >= 0.3 is 0 Å². The van der Waals surface area contributed by atoms with Gasteiger partial charge in [0.25, 0.3) is 0 Å². The maximum absolute atomic E-state index is 13.1. The van der Waals surface area contributed by atoms with E-state index in [1.54, 1.807) is 11.3 Å². The van der Waals surface area contributed by atoms with E-state index in [9.17, 15) is 4.79 Å². The standard InChI is InChI=1S/C24H31N3O2S/c1-5-26(6-2)13-14-27(23(28)12-15-29-20-10-8-7-9-11-20)24-25-21-16-18(3)19(4)17-22(21)30-24/h7-11,16-17H,5-6,12-15H2,1-4H3/p+1. The molecule has 0 fully saturated rings. The highest BCUT2D eigenvalue weighted by atomic mass is 32.1. The number of ether oxygens (including phenoxy) is 1. The molecule has 0 aliphatic heterocycles. The molecule has 160 valence electrons. The quantitative estimate of drug-likeness (QED) is 0.538. The van der Waals surface area contributed by atoms with Gasteiger partial charge in [-0.1, -0.05) is 29.5 Å². The molecule has 30 heavy (non-hydrogen) atoms. The van der Waals surface area contributed by atoms with Gasteiger partial charge in [-0.25, -0.2) is 4.98 Å². The number of aryl methyl sites for hydroxylation is 2. The fourth-order valence-corrected chi connectivity index (χ4v) is 4.48. The number of benzene rings is 2. The molecule has 5 nitrogen and oxygen atoms in total. The minimum Gasteiger partial charge on any atom is -0.493 e. The number of quaternary nitrogens is 1. The molecule has 0 atom stereocenters. The van der Waals surface area contributed by atoms with Crippen LogP contribution >= 0.6 is 11.3 Å². The summed E-state index contributed by atoms with van der Waals surface area (Å²) in [4.78, 5) is 21.3. The summed E-state index contributed by atoms with van der Waals surface area (Å²) in [5.74, 6) is 0.848. The van der Waals surface area contributed by atoms with Crippen LogP contribution in [-0.4, -0.2) is 43.7 Å². The van der Waals surface area contributed by atoms with Crippen LogP contribution in [0.5, 0.6) is 5.75 Å². The van der Waals surface area contributed by atoms with Crippen LogP contribution in [0.3, 0.4) is 0 Å². The minimum atomic E-state index is 0.0602. The molecule has 0 saturated carbocycles. The van der Waals surface area contributed by atoms with Gasteiger partial charge in [-0.15, -0.1) is 0 Å². The number of amides is 1. The number of likely N-dealkylation sites (N-methyl/N-ethyl adjacent to an activating group) is 1. The maximum Gasteiger partial charge on any atom is 0.232 e. The van der Waals surface area contributed by atoms with E-state index in [1.165, 1.54) is 16.0 Å². The van der Waals surface area contributed by atoms with Gasteiger partial charge in [0.05, 0.1) is 49.4 Å². The number of aromatic nitrogens is 1. The van der Waals surface area contributed by atoms with E-state index in [4.69, 9.17) is 9.72 Å². The molecule has 0 saturated heterocycles. The lowest BCUT2D eigenvalue weighted by Gasteiger charge is -2.23. The average molecular weight is 427 g/mol. The van der Waals surface area contributed by atoms with Crippen molar-refractivity contribution in [3.8, 4) is 5.75 Å². The average Bonchev–Trinajstić information content (AvgIpc) is 3.14. The third-order valence-electron chi connectivity index (χ3n) is 5.54. The number of carbonyl (C=O) groups is 1. The molecule has 3 rings (SSSR count). The summed E-state index contributed by atoms with van der Waals surface area (Å²) in [6.45, 7) is 12.6. The van der Waals surface area contributed by atoms with Gasteiger partial charge in [-0.3, -0.25) is 9.69 Å². The second kappa shape index (κ2) is 10.5. The van der Waals surface area contributed by atoms with Crippen molar-refractivity contribution in [3.05, 3.63) is 53.6 Å². The smallest absolute Gasteiger partial charge is 0.232 e. The number of nitrogens with zero attached hydrogens (tertiary/aromatic N) is 2. The summed E-state index contributed by atoms with van der Waals surface area (Å²) in [5, 5.41) is 0.784. The molecule has 0 aliphatic carbocycles. The van der Waals surface area contributed by atoms with Gasteiger partial charge in [0.2, 0.25) is 5.91 Å². The normalized spacial score (nSPS) is 11.2. The Morgan fingerprint density at radius 3 is 2.50 bits per heavy atom. The number of nitrogens with one attached hydrogen (secondary N) is 1. The number of carbonyl (C=O) groups excluding carboxylic acids is 1. The zero-order valence-corrected chi connectivity index (χ0v) is 19.2. The fourth-order valence-electron chi connectivity index (χ4n) is 3.39. The van der Waals surface area contributed by atoms with Crippen molar-refractivity contribution in [2.24, 2.45) is 0 Å². The highest BCUT2D eigenvalue weighted by Gasteiger charge is 2.21. The maximum atomic E-state index is 13.1. The van der Waals surface area contributed by atoms with E-state index in [1.807, 2.05) is 35.2 Å². The topological polar surface area (TPSA) is 46.9 Å². The largest absolute Gasteiger partial charge is 0.493 e. The van der Waals surface area contributed by atoms with Crippen molar-refractivity contribution < 1.29 is 14.4 Å². The second-order valence-electron chi connectivity index (χ2n) is 7.56. The fraction of sp³-hybridized carbons (Fsp3) is 0.417. The number of thiazole rings is 1. The van der Waals surface area contributed by atoms with Crippen LogP contribution in [0.1, 0.15) is 31.4 Å². The lowest BCUT2D eigenvalue weighted by molar-refractivity contribution is -0.894. The van der Waals surface area contributed by atoms with Crippen LogP contribution in [0.15, 0.2) is 42.5 Å². The van der Waals surface area contributed by atoms with E-state index < -0.39 is 0 Å². The van der Waals surface area contributed by atoms with Crippen molar-refractivity contribution in [2.75, 3.05) is 37.7 Å². The van der Waals surface area contributed by atoms with Crippen LogP contribution in [0.25, 0.3) is 10.2 Å². The molecule has 1 N–H and O–H groups in total. The lowest BCUT2D eigenvalue weighted by atomic mass is 10.1. The summed E-state index contributed by atoms with van der Waals surface area (Å²) >= 11 is 1.60. The third-order valence-corrected chi connectivity index (χ3v) is 6.58. The molecule has 0 unspecified atom stereocenters. The number of hydrogen-bond donors (Lipinski definition) is 1. The van der Waals surface area contributed by atoms with E-state index >= 15 is 0 Å². The molecule has 0 radical (unpaired) electrons. The molecular weight excluding hydrogens is 394 g/mol. The van der Waals surface area contributed by atoms with Crippen LogP contribution in [0.2, 0.25) is 0 Å². The van der Waals surface area contributed by atoms with Gasteiger partial charge in [0, 0.05) is 0 Å². The van der Waals surface area contributed by atoms with E-state index in [2.05, 4.69) is 39.8 Å². The van der Waals surface area contributed by atoms with Gasteiger partial charge < -0.3 is 9.64 Å². The first kappa shape index (κ1) is 22.2. The zero-order chi connectivity index (χ0) is 21.5. The van der Waals surface area contributed by atoms with E-state index in [0.29, 0.717) is 19.6 Å². The van der Waals surface area contributed by atoms with Crippen molar-refractivity contribution >= 4 is 32.6 Å². The lowest BCUT2D eigenvalue weighted by Crippen LogP contribution is -3.12. The molecular formula is C24H32N3O2S+. The first-order chi connectivity index (χ1) is 14.5. The second-order valence-corrected chi connectivity index (χ2v) is 8.57. The Kier molecular flexibility index (Phi) is 7.82. The molecule has 3 aromatic rings. The SMILES string of the molecule is CC[NH+](CC)CCN(C(=O)CCOc1ccccc1)c1nc2cc(C)c(C)cc2s1. The van der Waals surface area contributed by atoms with Crippen molar-refractivity contribution in [3.63, 3.8) is 0 Å². The summed E-state index contributed by atoms with van der Waals surface area (Å²) in [5.41, 5.74) is 3.44. The molecule has 1 amide bonds. The summed E-state index contributed by atoms with van der Waals surface area (Å²) in [6, 6.07) is 13.9. The number of fused-ring (bicyclic) bond motifs is 1. The van der Waals surface area contributed by atoms with Crippen molar-refractivity contribution in [2.45, 2.75) is 34.1 Å². The Labute approximate surface area is 183 Å².